The molecule has 2 aromatic rings. The third-order valence-electron chi connectivity index (χ3n) is 4.12. The zero-order valence-electron chi connectivity index (χ0n) is 13.4. The summed E-state index contributed by atoms with van der Waals surface area (Å²) in [6.45, 7) is 4.31. The summed E-state index contributed by atoms with van der Waals surface area (Å²) >= 11 is 0. The van der Waals surface area contributed by atoms with Crippen LogP contribution in [0.1, 0.15) is 5.56 Å². The summed E-state index contributed by atoms with van der Waals surface area (Å²) in [4.78, 5) is 24.0. The predicted molar refractivity (Wildman–Crippen MR) is 88.1 cm³/mol. The van der Waals surface area contributed by atoms with E-state index >= 15 is 0 Å². The molecule has 1 aromatic heterocycles. The molecule has 0 aliphatic carbocycles. The van der Waals surface area contributed by atoms with Crippen molar-refractivity contribution in [2.75, 3.05) is 37.6 Å². The van der Waals surface area contributed by atoms with Gasteiger partial charge in [0.15, 0.2) is 6.54 Å². The number of carbonyl (C=O) groups excluding carboxylic acids is 1. The molecule has 1 amide bonds. The minimum Gasteiger partial charge on any atom is -0.347 e. The van der Waals surface area contributed by atoms with Gasteiger partial charge in [-0.1, -0.05) is 12.1 Å². The molecular formula is C17H21FN5O+. The molecule has 0 bridgehead atoms. The van der Waals surface area contributed by atoms with Crippen LogP contribution in [0.15, 0.2) is 42.7 Å². The number of aromatic nitrogens is 2. The highest BCUT2D eigenvalue weighted by Gasteiger charge is 2.23. The fourth-order valence-corrected chi connectivity index (χ4v) is 2.75. The summed E-state index contributed by atoms with van der Waals surface area (Å²) in [7, 11) is 0. The van der Waals surface area contributed by atoms with Crippen LogP contribution in [-0.2, 0) is 11.3 Å². The second-order valence-electron chi connectivity index (χ2n) is 5.87. The number of quaternary nitrogens is 1. The van der Waals surface area contributed by atoms with E-state index in [-0.39, 0.29) is 11.7 Å². The van der Waals surface area contributed by atoms with Crippen LogP contribution < -0.4 is 15.1 Å². The maximum absolute atomic E-state index is 12.8. The highest BCUT2D eigenvalue weighted by atomic mass is 19.1. The summed E-state index contributed by atoms with van der Waals surface area (Å²) in [5, 5.41) is 2.89. The van der Waals surface area contributed by atoms with Crippen LogP contribution in [-0.4, -0.2) is 48.6 Å². The number of benzene rings is 1. The van der Waals surface area contributed by atoms with Gasteiger partial charge in [-0.2, -0.15) is 0 Å². The minimum absolute atomic E-state index is 0.0127. The number of nitrogens with one attached hydrogen (secondary N) is 2. The summed E-state index contributed by atoms with van der Waals surface area (Å²) in [5.41, 5.74) is 0.894. The van der Waals surface area contributed by atoms with E-state index in [1.807, 2.05) is 0 Å². The smallest absolute Gasteiger partial charge is 0.275 e. The van der Waals surface area contributed by atoms with Crippen molar-refractivity contribution in [3.63, 3.8) is 0 Å². The first-order valence-corrected chi connectivity index (χ1v) is 8.07. The molecule has 1 aromatic carbocycles. The molecule has 1 aliphatic heterocycles. The second kappa shape index (κ2) is 7.83. The number of amides is 1. The third-order valence-corrected chi connectivity index (χ3v) is 4.12. The van der Waals surface area contributed by atoms with Crippen LogP contribution in [0.5, 0.6) is 0 Å². The Labute approximate surface area is 140 Å². The molecule has 1 fully saturated rings. The average Bonchev–Trinajstić information content (AvgIpc) is 2.63. The van der Waals surface area contributed by atoms with Gasteiger partial charge in [-0.05, 0) is 23.8 Å². The van der Waals surface area contributed by atoms with Crippen molar-refractivity contribution in [2.45, 2.75) is 6.54 Å². The Morgan fingerprint density at radius 2 is 1.83 bits per heavy atom. The first-order chi connectivity index (χ1) is 11.7. The van der Waals surface area contributed by atoms with Crippen molar-refractivity contribution in [1.29, 1.82) is 0 Å². The number of hydrogen-bond donors (Lipinski definition) is 2. The van der Waals surface area contributed by atoms with E-state index in [1.165, 1.54) is 17.0 Å². The van der Waals surface area contributed by atoms with Crippen molar-refractivity contribution in [3.8, 4) is 0 Å². The second-order valence-corrected chi connectivity index (χ2v) is 5.87. The predicted octanol–water partition coefficient (Wildman–Crippen LogP) is -0.363. The normalized spacial score (nSPS) is 15.3. The lowest BCUT2D eigenvalue weighted by Crippen LogP contribution is -3.16. The molecule has 1 saturated heterocycles. The molecule has 3 rings (SSSR count). The Hall–Kier alpha value is -2.54. The van der Waals surface area contributed by atoms with E-state index in [1.54, 1.807) is 30.6 Å². The Morgan fingerprint density at radius 3 is 2.50 bits per heavy atom. The van der Waals surface area contributed by atoms with E-state index in [4.69, 9.17) is 0 Å². The van der Waals surface area contributed by atoms with E-state index in [2.05, 4.69) is 20.2 Å². The summed E-state index contributed by atoms with van der Waals surface area (Å²) in [6, 6.07) is 7.97. The number of nitrogens with zero attached hydrogens (tertiary/aromatic N) is 3. The van der Waals surface area contributed by atoms with E-state index in [0.717, 1.165) is 37.7 Å². The molecule has 0 atom stereocenters. The topological polar surface area (TPSA) is 62.6 Å². The number of hydrogen-bond acceptors (Lipinski definition) is 4. The molecule has 0 spiro atoms. The molecule has 1 aliphatic rings. The van der Waals surface area contributed by atoms with Gasteiger partial charge in [0.05, 0.1) is 26.2 Å². The summed E-state index contributed by atoms with van der Waals surface area (Å²) < 4.78 is 12.8. The number of carbonyl (C=O) groups is 1. The number of rotatable bonds is 5. The highest BCUT2D eigenvalue weighted by Crippen LogP contribution is 2.04. The van der Waals surface area contributed by atoms with Crippen LogP contribution in [0.4, 0.5) is 10.3 Å². The van der Waals surface area contributed by atoms with Crippen molar-refractivity contribution in [2.24, 2.45) is 0 Å². The van der Waals surface area contributed by atoms with Crippen molar-refractivity contribution < 1.29 is 14.1 Å². The fourth-order valence-electron chi connectivity index (χ4n) is 2.75. The summed E-state index contributed by atoms with van der Waals surface area (Å²) in [6.07, 6.45) is 3.48. The van der Waals surface area contributed by atoms with Gasteiger partial charge in [-0.25, -0.2) is 14.4 Å². The van der Waals surface area contributed by atoms with Crippen LogP contribution >= 0.6 is 0 Å². The molecule has 0 saturated carbocycles. The largest absolute Gasteiger partial charge is 0.347 e. The zero-order valence-corrected chi connectivity index (χ0v) is 13.4. The quantitative estimate of drug-likeness (QED) is 0.786. The Bertz CT molecular complexity index is 656. The Morgan fingerprint density at radius 1 is 1.17 bits per heavy atom. The van der Waals surface area contributed by atoms with E-state index in [9.17, 15) is 9.18 Å². The van der Waals surface area contributed by atoms with Crippen molar-refractivity contribution in [3.05, 3.63) is 54.1 Å². The van der Waals surface area contributed by atoms with E-state index < -0.39 is 0 Å². The van der Waals surface area contributed by atoms with Gasteiger partial charge >= 0.3 is 0 Å². The maximum Gasteiger partial charge on any atom is 0.275 e. The van der Waals surface area contributed by atoms with Crippen LogP contribution in [0.2, 0.25) is 0 Å². The molecule has 2 N–H and O–H groups in total. The molecule has 6 nitrogen and oxygen atoms in total. The maximum atomic E-state index is 12.8. The Balaban J connectivity index is 1.41. The Kier molecular flexibility index (Phi) is 5.32. The van der Waals surface area contributed by atoms with Gasteiger partial charge in [0.1, 0.15) is 5.82 Å². The van der Waals surface area contributed by atoms with Gasteiger partial charge < -0.3 is 15.1 Å². The van der Waals surface area contributed by atoms with Crippen molar-refractivity contribution >= 4 is 11.9 Å². The number of anilines is 1. The average molecular weight is 330 g/mol. The van der Waals surface area contributed by atoms with Gasteiger partial charge in [0.25, 0.3) is 5.91 Å². The first-order valence-electron chi connectivity index (χ1n) is 8.07. The van der Waals surface area contributed by atoms with Crippen LogP contribution in [0, 0.1) is 5.82 Å². The first kappa shape index (κ1) is 16.3. The molecule has 2 heterocycles. The van der Waals surface area contributed by atoms with Gasteiger partial charge in [-0.3, -0.25) is 4.79 Å². The van der Waals surface area contributed by atoms with Crippen LogP contribution in [0.3, 0.4) is 0 Å². The van der Waals surface area contributed by atoms with Gasteiger partial charge in [0, 0.05) is 18.9 Å². The lowest BCUT2D eigenvalue weighted by atomic mass is 10.2. The van der Waals surface area contributed by atoms with Crippen molar-refractivity contribution in [1.82, 2.24) is 15.3 Å². The standard InChI is InChI=1S/C17H20FN5O/c18-15-4-2-14(3-5-15)12-21-16(24)13-22-8-10-23(11-9-22)17-19-6-1-7-20-17/h1-7H,8-13H2,(H,21,24)/p+1. The van der Waals surface area contributed by atoms with E-state index in [0.29, 0.717) is 13.1 Å². The highest BCUT2D eigenvalue weighted by molar-refractivity contribution is 5.76. The SMILES string of the molecule is O=C(C[NH+]1CCN(c2ncccn2)CC1)NCc1ccc(F)cc1. The fraction of sp³-hybridized carbons (Fsp3) is 0.353. The zero-order chi connectivity index (χ0) is 16.8. The molecule has 0 unspecified atom stereocenters. The monoisotopic (exact) mass is 330 g/mol. The van der Waals surface area contributed by atoms with Gasteiger partial charge in [-0.15, -0.1) is 0 Å². The lowest BCUT2D eigenvalue weighted by Gasteiger charge is -2.31. The minimum atomic E-state index is -0.269. The number of piperazine rings is 1. The third kappa shape index (κ3) is 4.48. The molecule has 7 heteroatoms. The molecule has 0 radical (unpaired) electrons. The molecular weight excluding hydrogens is 309 g/mol. The van der Waals surface area contributed by atoms with Gasteiger partial charge in [0.2, 0.25) is 5.95 Å². The lowest BCUT2D eigenvalue weighted by molar-refractivity contribution is -0.892. The van der Waals surface area contributed by atoms with Crippen LogP contribution in [0.25, 0.3) is 0 Å². The number of halogens is 1. The molecule has 126 valence electrons. The summed E-state index contributed by atoms with van der Waals surface area (Å²) in [5.74, 6) is 0.492. The molecule has 24 heavy (non-hydrogen) atoms.